The quantitative estimate of drug-likeness (QED) is 0.561. The van der Waals surface area contributed by atoms with Crippen LogP contribution in [0, 0.1) is 0 Å². The second kappa shape index (κ2) is 9.57. The predicted octanol–water partition coefficient (Wildman–Crippen LogP) is 0.279. The van der Waals surface area contributed by atoms with E-state index in [0.29, 0.717) is 13.2 Å². The van der Waals surface area contributed by atoms with Crippen LogP contribution in [0.4, 0.5) is 4.79 Å². The molecule has 7 heteroatoms. The topological polar surface area (TPSA) is 99.1 Å². The van der Waals surface area contributed by atoms with Crippen LogP contribution in [0.15, 0.2) is 0 Å². The van der Waals surface area contributed by atoms with Crippen LogP contribution in [0.1, 0.15) is 26.7 Å². The molecule has 0 radical (unpaired) electrons. The van der Waals surface area contributed by atoms with Gasteiger partial charge in [0.2, 0.25) is 0 Å². The summed E-state index contributed by atoms with van der Waals surface area (Å²) in [5.74, 6) is -1.26. The molecule has 2 amide bonds. The molecule has 0 aromatic carbocycles. The Morgan fingerprint density at radius 3 is 2.26 bits per heavy atom. The molecular formula is C12H24N2O5. The number of amides is 2. The van der Waals surface area contributed by atoms with Crippen molar-refractivity contribution in [2.24, 2.45) is 0 Å². The van der Waals surface area contributed by atoms with Crippen molar-refractivity contribution >= 4 is 12.0 Å². The van der Waals surface area contributed by atoms with Gasteiger partial charge in [-0.05, 0) is 12.8 Å². The summed E-state index contributed by atoms with van der Waals surface area (Å²) >= 11 is 0. The zero-order valence-corrected chi connectivity index (χ0v) is 11.8. The first-order chi connectivity index (χ1) is 9.01. The van der Waals surface area contributed by atoms with Gasteiger partial charge in [0.15, 0.2) is 6.04 Å². The summed E-state index contributed by atoms with van der Waals surface area (Å²) < 4.78 is 4.95. The minimum Gasteiger partial charge on any atom is -0.480 e. The summed E-state index contributed by atoms with van der Waals surface area (Å²) in [6, 6.07) is -1.76. The van der Waals surface area contributed by atoms with Gasteiger partial charge in [0.05, 0.1) is 13.2 Å². The maximum atomic E-state index is 12.1. The highest BCUT2D eigenvalue weighted by Gasteiger charge is 2.25. The molecule has 0 rings (SSSR count). The molecule has 19 heavy (non-hydrogen) atoms. The molecule has 0 aromatic rings. The molecule has 0 unspecified atom stereocenters. The van der Waals surface area contributed by atoms with Crippen molar-refractivity contribution in [1.29, 1.82) is 0 Å². The fourth-order valence-electron chi connectivity index (χ4n) is 1.79. The van der Waals surface area contributed by atoms with Crippen LogP contribution in [0.3, 0.4) is 0 Å². The fourth-order valence-corrected chi connectivity index (χ4v) is 1.79. The van der Waals surface area contributed by atoms with Gasteiger partial charge < -0.3 is 25.2 Å². The lowest BCUT2D eigenvalue weighted by Gasteiger charge is -2.31. The summed E-state index contributed by atoms with van der Waals surface area (Å²) in [6.07, 6.45) is 1.54. The lowest BCUT2D eigenvalue weighted by Crippen LogP contribution is -2.53. The van der Waals surface area contributed by atoms with E-state index in [4.69, 9.17) is 14.9 Å². The first-order valence-corrected chi connectivity index (χ1v) is 6.41. The average Bonchev–Trinajstić information content (AvgIpc) is 2.40. The lowest BCUT2D eigenvalue weighted by atomic mass is 10.1. The van der Waals surface area contributed by atoms with Gasteiger partial charge in [0.25, 0.3) is 0 Å². The van der Waals surface area contributed by atoms with Crippen molar-refractivity contribution in [3.63, 3.8) is 0 Å². The third-order valence-corrected chi connectivity index (χ3v) is 2.96. The van der Waals surface area contributed by atoms with E-state index in [9.17, 15) is 9.59 Å². The molecule has 1 atom stereocenters. The molecule has 0 saturated heterocycles. The minimum atomic E-state index is -1.29. The molecule has 0 aromatic heterocycles. The molecular weight excluding hydrogens is 252 g/mol. The molecule has 0 heterocycles. The first-order valence-electron chi connectivity index (χ1n) is 6.41. The van der Waals surface area contributed by atoms with Crippen molar-refractivity contribution in [2.75, 3.05) is 26.9 Å². The van der Waals surface area contributed by atoms with E-state index >= 15 is 0 Å². The summed E-state index contributed by atoms with van der Waals surface area (Å²) in [5.41, 5.74) is 0. The predicted molar refractivity (Wildman–Crippen MR) is 70.0 cm³/mol. The first kappa shape index (κ1) is 17.7. The van der Waals surface area contributed by atoms with Gasteiger partial charge in [-0.25, -0.2) is 9.59 Å². The highest BCUT2D eigenvalue weighted by Crippen LogP contribution is 2.09. The number of aliphatic carboxylic acids is 1. The third-order valence-electron chi connectivity index (χ3n) is 2.96. The van der Waals surface area contributed by atoms with Crippen LogP contribution < -0.4 is 5.32 Å². The van der Waals surface area contributed by atoms with E-state index < -0.39 is 24.6 Å². The van der Waals surface area contributed by atoms with Crippen molar-refractivity contribution in [1.82, 2.24) is 10.2 Å². The summed E-state index contributed by atoms with van der Waals surface area (Å²) in [7, 11) is 1.54. The van der Waals surface area contributed by atoms with E-state index in [-0.39, 0.29) is 6.04 Å². The Hall–Kier alpha value is -1.34. The zero-order valence-electron chi connectivity index (χ0n) is 11.8. The number of ether oxygens (including phenoxy) is 1. The molecule has 0 spiro atoms. The molecule has 0 bridgehead atoms. The van der Waals surface area contributed by atoms with Gasteiger partial charge in [0.1, 0.15) is 0 Å². The Bertz CT molecular complexity index is 281. The Balaban J connectivity index is 4.73. The maximum Gasteiger partial charge on any atom is 0.328 e. The van der Waals surface area contributed by atoms with Crippen molar-refractivity contribution in [3.05, 3.63) is 0 Å². The average molecular weight is 276 g/mol. The SMILES string of the molecule is CCC(CC)N(CCOC)C(=O)N[C@@H](CO)C(=O)O. The molecule has 0 aliphatic rings. The number of aliphatic hydroxyl groups excluding tert-OH is 1. The molecule has 3 N–H and O–H groups in total. The zero-order chi connectivity index (χ0) is 14.8. The molecule has 0 aliphatic carbocycles. The Morgan fingerprint density at radius 2 is 1.89 bits per heavy atom. The van der Waals surface area contributed by atoms with Gasteiger partial charge in [-0.15, -0.1) is 0 Å². The second-order valence-corrected chi connectivity index (χ2v) is 4.18. The fraction of sp³-hybridized carbons (Fsp3) is 0.833. The van der Waals surface area contributed by atoms with Crippen LogP contribution in [0.25, 0.3) is 0 Å². The number of carboxylic acid groups (broad SMARTS) is 1. The number of carbonyl (C=O) groups is 2. The van der Waals surface area contributed by atoms with E-state index in [1.807, 2.05) is 13.8 Å². The number of aliphatic hydroxyl groups is 1. The van der Waals surface area contributed by atoms with Crippen LogP contribution in [-0.2, 0) is 9.53 Å². The summed E-state index contributed by atoms with van der Waals surface area (Å²) in [5, 5.41) is 20.0. The number of carbonyl (C=O) groups excluding carboxylic acids is 1. The Kier molecular flexibility index (Phi) is 8.90. The number of nitrogens with zero attached hydrogens (tertiary/aromatic N) is 1. The molecule has 0 fully saturated rings. The summed E-state index contributed by atoms with van der Waals surface area (Å²) in [4.78, 5) is 24.4. The number of hydrogen-bond acceptors (Lipinski definition) is 4. The van der Waals surface area contributed by atoms with Crippen LogP contribution in [-0.4, -0.2) is 66.1 Å². The van der Waals surface area contributed by atoms with Crippen molar-refractivity contribution in [2.45, 2.75) is 38.8 Å². The normalized spacial score (nSPS) is 12.3. The smallest absolute Gasteiger partial charge is 0.328 e. The number of carboxylic acids is 1. The number of urea groups is 1. The van der Waals surface area contributed by atoms with Gasteiger partial charge in [-0.2, -0.15) is 0 Å². The largest absolute Gasteiger partial charge is 0.480 e. The standard InChI is InChI=1S/C12H24N2O5/c1-4-9(5-2)14(6-7-19-3)12(18)13-10(8-15)11(16)17/h9-10,15H,4-8H2,1-3H3,(H,13,18)(H,16,17)/t10-/m0/s1. The minimum absolute atomic E-state index is 0.0169. The second-order valence-electron chi connectivity index (χ2n) is 4.18. The van der Waals surface area contributed by atoms with E-state index in [0.717, 1.165) is 12.8 Å². The Morgan fingerprint density at radius 1 is 1.32 bits per heavy atom. The molecule has 112 valence electrons. The van der Waals surface area contributed by atoms with Gasteiger partial charge in [-0.3, -0.25) is 0 Å². The van der Waals surface area contributed by atoms with Gasteiger partial charge in [-0.1, -0.05) is 13.8 Å². The number of hydrogen-bond donors (Lipinski definition) is 3. The van der Waals surface area contributed by atoms with Crippen LogP contribution in [0.5, 0.6) is 0 Å². The van der Waals surface area contributed by atoms with Crippen LogP contribution in [0.2, 0.25) is 0 Å². The lowest BCUT2D eigenvalue weighted by molar-refractivity contribution is -0.140. The van der Waals surface area contributed by atoms with Gasteiger partial charge >= 0.3 is 12.0 Å². The van der Waals surface area contributed by atoms with Crippen molar-refractivity contribution < 1.29 is 24.5 Å². The molecule has 0 saturated carbocycles. The van der Waals surface area contributed by atoms with E-state index in [1.165, 1.54) is 7.11 Å². The maximum absolute atomic E-state index is 12.1. The number of nitrogens with one attached hydrogen (secondary N) is 1. The molecule has 7 nitrogen and oxygen atoms in total. The molecule has 0 aliphatic heterocycles. The van der Waals surface area contributed by atoms with Crippen LogP contribution >= 0.6 is 0 Å². The van der Waals surface area contributed by atoms with Gasteiger partial charge in [0, 0.05) is 19.7 Å². The number of methoxy groups -OCH3 is 1. The van der Waals surface area contributed by atoms with Crippen molar-refractivity contribution in [3.8, 4) is 0 Å². The highest BCUT2D eigenvalue weighted by molar-refractivity contribution is 5.82. The summed E-state index contributed by atoms with van der Waals surface area (Å²) in [6.45, 7) is 4.04. The Labute approximate surface area is 113 Å². The third kappa shape index (κ3) is 5.89. The van der Waals surface area contributed by atoms with E-state index in [2.05, 4.69) is 5.32 Å². The van der Waals surface area contributed by atoms with E-state index in [1.54, 1.807) is 4.90 Å². The highest BCUT2D eigenvalue weighted by atomic mass is 16.5. The monoisotopic (exact) mass is 276 g/mol. The number of rotatable bonds is 9.